The topological polar surface area (TPSA) is 55.8 Å². The maximum Gasteiger partial charge on any atom is 0.337 e. The number of esters is 1. The van der Waals surface area contributed by atoms with Gasteiger partial charge in [0.2, 0.25) is 0 Å². The van der Waals surface area contributed by atoms with E-state index in [4.69, 9.17) is 9.47 Å². The minimum absolute atomic E-state index is 0.106. The second-order valence-corrected chi connectivity index (χ2v) is 4.58. The number of ether oxygens (including phenoxy) is 2. The van der Waals surface area contributed by atoms with Crippen LogP contribution in [0, 0.1) is 0 Å². The summed E-state index contributed by atoms with van der Waals surface area (Å²) < 4.78 is 10.9. The van der Waals surface area contributed by atoms with Crippen molar-refractivity contribution in [2.24, 2.45) is 0 Å². The Kier molecular flexibility index (Phi) is 6.19. The Labute approximate surface area is 109 Å². The predicted octanol–water partition coefficient (Wildman–Crippen LogP) is 2.55. The van der Waals surface area contributed by atoms with Crippen molar-refractivity contribution in [2.45, 2.75) is 65.1 Å². The molecule has 4 nitrogen and oxygen atoms in total. The maximum absolute atomic E-state index is 11.8. The molecule has 0 amide bonds. The molecule has 1 aliphatic carbocycles. The molecule has 0 spiro atoms. The smallest absolute Gasteiger partial charge is 0.337 e. The van der Waals surface area contributed by atoms with E-state index in [2.05, 4.69) is 13.8 Å². The van der Waals surface area contributed by atoms with Crippen LogP contribution in [0.4, 0.5) is 0 Å². The lowest BCUT2D eigenvalue weighted by molar-refractivity contribution is -0.139. The first-order valence-electron chi connectivity index (χ1n) is 6.86. The van der Waals surface area contributed by atoms with Crippen LogP contribution in [-0.4, -0.2) is 29.9 Å². The van der Waals surface area contributed by atoms with E-state index in [1.807, 2.05) is 0 Å². The Morgan fingerprint density at radius 1 is 1.39 bits per heavy atom. The molecule has 0 aliphatic heterocycles. The van der Waals surface area contributed by atoms with Gasteiger partial charge in [-0.2, -0.15) is 0 Å². The van der Waals surface area contributed by atoms with E-state index >= 15 is 0 Å². The lowest BCUT2D eigenvalue weighted by Gasteiger charge is -2.26. The molecule has 104 valence electrons. The summed E-state index contributed by atoms with van der Waals surface area (Å²) in [5.74, 6) is 0.325. The monoisotopic (exact) mass is 256 g/mol. The predicted molar refractivity (Wildman–Crippen MR) is 69.0 cm³/mol. The Morgan fingerprint density at radius 2 is 2.06 bits per heavy atom. The van der Waals surface area contributed by atoms with Crippen LogP contribution in [-0.2, 0) is 14.3 Å². The minimum atomic E-state index is -0.410. The fourth-order valence-electron chi connectivity index (χ4n) is 2.10. The zero-order valence-corrected chi connectivity index (χ0v) is 11.6. The van der Waals surface area contributed by atoms with E-state index in [9.17, 15) is 9.90 Å². The van der Waals surface area contributed by atoms with Gasteiger partial charge in [-0.05, 0) is 32.6 Å². The quantitative estimate of drug-likeness (QED) is 0.742. The normalized spacial score (nSPS) is 20.2. The molecule has 1 atom stereocenters. The van der Waals surface area contributed by atoms with Gasteiger partial charge in [-0.3, -0.25) is 0 Å². The molecule has 1 N–H and O–H groups in total. The van der Waals surface area contributed by atoms with Crippen LogP contribution in [0.3, 0.4) is 0 Å². The van der Waals surface area contributed by atoms with Crippen LogP contribution in [0.5, 0.6) is 0 Å². The van der Waals surface area contributed by atoms with Crippen molar-refractivity contribution in [3.8, 4) is 0 Å². The number of hydrogen-bond donors (Lipinski definition) is 1. The summed E-state index contributed by atoms with van der Waals surface area (Å²) in [7, 11) is 0. The molecule has 0 aromatic carbocycles. The second-order valence-electron chi connectivity index (χ2n) is 4.58. The highest BCUT2D eigenvalue weighted by Gasteiger charge is 2.27. The summed E-state index contributed by atoms with van der Waals surface area (Å²) in [4.78, 5) is 11.8. The first kappa shape index (κ1) is 15.0. The van der Waals surface area contributed by atoms with Gasteiger partial charge in [-0.25, -0.2) is 4.79 Å². The lowest BCUT2D eigenvalue weighted by Crippen LogP contribution is -2.24. The van der Waals surface area contributed by atoms with Crippen molar-refractivity contribution in [1.82, 2.24) is 0 Å². The SMILES string of the molecule is CCOC(=O)C1=C(OC(CC)CC)CC(O)CC1. The molecule has 0 radical (unpaired) electrons. The molecule has 1 aliphatic rings. The van der Waals surface area contributed by atoms with Gasteiger partial charge < -0.3 is 14.6 Å². The van der Waals surface area contributed by atoms with Crippen molar-refractivity contribution in [1.29, 1.82) is 0 Å². The van der Waals surface area contributed by atoms with Gasteiger partial charge in [0.05, 0.1) is 24.4 Å². The van der Waals surface area contributed by atoms with E-state index in [1.54, 1.807) is 6.92 Å². The van der Waals surface area contributed by atoms with Crippen LogP contribution in [0.25, 0.3) is 0 Å². The molecule has 0 aromatic rings. The fraction of sp³-hybridized carbons (Fsp3) is 0.786. The summed E-state index contributed by atoms with van der Waals surface area (Å²) in [6.07, 6.45) is 3.05. The third kappa shape index (κ3) is 4.02. The zero-order chi connectivity index (χ0) is 13.5. The molecule has 0 saturated heterocycles. The number of aliphatic hydroxyl groups is 1. The molecule has 0 bridgehead atoms. The molecular formula is C14H24O4. The molecule has 0 saturated carbocycles. The highest BCUT2D eigenvalue weighted by molar-refractivity contribution is 5.89. The molecule has 0 heterocycles. The van der Waals surface area contributed by atoms with E-state index in [0.29, 0.717) is 37.2 Å². The third-order valence-corrected chi connectivity index (χ3v) is 3.23. The first-order chi connectivity index (χ1) is 8.62. The van der Waals surface area contributed by atoms with Crippen LogP contribution < -0.4 is 0 Å². The standard InChI is InChI=1S/C14H24O4/c1-4-11(5-2)18-13-9-10(15)7-8-12(13)14(16)17-6-3/h10-11,15H,4-9H2,1-3H3. The number of aliphatic hydroxyl groups excluding tert-OH is 1. The van der Waals surface area contributed by atoms with Crippen LogP contribution >= 0.6 is 0 Å². The number of rotatable bonds is 6. The van der Waals surface area contributed by atoms with Gasteiger partial charge in [0, 0.05) is 6.42 Å². The highest BCUT2D eigenvalue weighted by Crippen LogP contribution is 2.28. The van der Waals surface area contributed by atoms with E-state index in [1.165, 1.54) is 0 Å². The van der Waals surface area contributed by atoms with E-state index in [-0.39, 0.29) is 12.1 Å². The lowest BCUT2D eigenvalue weighted by atomic mass is 9.95. The maximum atomic E-state index is 11.8. The summed E-state index contributed by atoms with van der Waals surface area (Å²) >= 11 is 0. The van der Waals surface area contributed by atoms with Crippen molar-refractivity contribution in [3.63, 3.8) is 0 Å². The Balaban J connectivity index is 2.84. The molecule has 0 fully saturated rings. The largest absolute Gasteiger partial charge is 0.494 e. The van der Waals surface area contributed by atoms with Crippen LogP contribution in [0.2, 0.25) is 0 Å². The fourth-order valence-corrected chi connectivity index (χ4v) is 2.10. The Bertz CT molecular complexity index is 305. The van der Waals surface area contributed by atoms with E-state index in [0.717, 1.165) is 12.8 Å². The van der Waals surface area contributed by atoms with Gasteiger partial charge in [0.15, 0.2) is 0 Å². The third-order valence-electron chi connectivity index (χ3n) is 3.23. The number of hydrogen-bond acceptors (Lipinski definition) is 4. The highest BCUT2D eigenvalue weighted by atomic mass is 16.5. The summed E-state index contributed by atoms with van der Waals surface area (Å²) in [6, 6.07) is 0. The molecule has 4 heteroatoms. The van der Waals surface area contributed by atoms with Crippen molar-refractivity contribution in [2.75, 3.05) is 6.61 Å². The number of carbonyl (C=O) groups is 1. The summed E-state index contributed by atoms with van der Waals surface area (Å²) in [5.41, 5.74) is 0.606. The van der Waals surface area contributed by atoms with Crippen molar-refractivity contribution >= 4 is 5.97 Å². The van der Waals surface area contributed by atoms with Crippen LogP contribution in [0.1, 0.15) is 52.9 Å². The van der Waals surface area contributed by atoms with Crippen molar-refractivity contribution in [3.05, 3.63) is 11.3 Å². The molecule has 1 unspecified atom stereocenters. The van der Waals surface area contributed by atoms with Gasteiger partial charge in [0.25, 0.3) is 0 Å². The van der Waals surface area contributed by atoms with Crippen molar-refractivity contribution < 1.29 is 19.4 Å². The molecule has 1 rings (SSSR count). The van der Waals surface area contributed by atoms with Crippen LogP contribution in [0.15, 0.2) is 11.3 Å². The minimum Gasteiger partial charge on any atom is -0.494 e. The first-order valence-corrected chi connectivity index (χ1v) is 6.86. The van der Waals surface area contributed by atoms with Gasteiger partial charge in [-0.15, -0.1) is 0 Å². The average molecular weight is 256 g/mol. The molecule has 18 heavy (non-hydrogen) atoms. The Hall–Kier alpha value is -1.03. The molecular weight excluding hydrogens is 232 g/mol. The Morgan fingerprint density at radius 3 is 2.61 bits per heavy atom. The summed E-state index contributed by atoms with van der Waals surface area (Å²) in [5, 5.41) is 9.70. The van der Waals surface area contributed by atoms with Gasteiger partial charge >= 0.3 is 5.97 Å². The second kappa shape index (κ2) is 7.41. The zero-order valence-electron chi connectivity index (χ0n) is 11.6. The van der Waals surface area contributed by atoms with E-state index < -0.39 is 6.10 Å². The molecule has 0 aromatic heterocycles. The van der Waals surface area contributed by atoms with Gasteiger partial charge in [0.1, 0.15) is 5.76 Å². The average Bonchev–Trinajstić information content (AvgIpc) is 2.36. The van der Waals surface area contributed by atoms with Gasteiger partial charge in [-0.1, -0.05) is 13.8 Å². The number of carbonyl (C=O) groups excluding carboxylic acids is 1. The summed E-state index contributed by atoms with van der Waals surface area (Å²) in [6.45, 7) is 6.26.